The summed E-state index contributed by atoms with van der Waals surface area (Å²) in [6.07, 6.45) is 0.244. The summed E-state index contributed by atoms with van der Waals surface area (Å²) in [4.78, 5) is 24.1. The van der Waals surface area contributed by atoms with Crippen LogP contribution in [-0.2, 0) is 16.0 Å². The third-order valence-corrected chi connectivity index (χ3v) is 4.28. The molecule has 2 N–H and O–H groups in total. The van der Waals surface area contributed by atoms with E-state index in [2.05, 4.69) is 10.6 Å². The number of benzene rings is 2. The molecule has 1 atom stereocenters. The highest BCUT2D eigenvalue weighted by Gasteiger charge is 2.16. The second kappa shape index (κ2) is 9.08. The molecule has 3 rings (SSSR count). The van der Waals surface area contributed by atoms with Crippen molar-refractivity contribution in [2.24, 2.45) is 0 Å². The summed E-state index contributed by atoms with van der Waals surface area (Å²) in [7, 11) is 0. The Morgan fingerprint density at radius 1 is 1.07 bits per heavy atom. The molecule has 3 aromatic rings. The van der Waals surface area contributed by atoms with Crippen molar-refractivity contribution in [1.29, 1.82) is 0 Å². The molecule has 6 nitrogen and oxygen atoms in total. The lowest BCUT2D eigenvalue weighted by Crippen LogP contribution is -2.38. The van der Waals surface area contributed by atoms with Gasteiger partial charge in [0, 0.05) is 5.39 Å². The van der Waals surface area contributed by atoms with Gasteiger partial charge in [-0.1, -0.05) is 42.5 Å². The molecule has 0 spiro atoms. The van der Waals surface area contributed by atoms with Gasteiger partial charge in [-0.3, -0.25) is 9.59 Å². The lowest BCUT2D eigenvalue weighted by molar-refractivity contribution is -0.126. The molecule has 0 aliphatic carbocycles. The van der Waals surface area contributed by atoms with Crippen LogP contribution in [0.5, 0.6) is 5.75 Å². The van der Waals surface area contributed by atoms with Crippen LogP contribution >= 0.6 is 0 Å². The normalized spacial score (nSPS) is 11.8. The molecule has 1 heterocycles. The molecule has 0 bridgehead atoms. The number of amides is 2. The Morgan fingerprint density at radius 3 is 2.61 bits per heavy atom. The van der Waals surface area contributed by atoms with Crippen LogP contribution in [0.3, 0.4) is 0 Å². The minimum Gasteiger partial charge on any atom is -0.490 e. The van der Waals surface area contributed by atoms with Crippen LogP contribution in [0.1, 0.15) is 31.2 Å². The zero-order chi connectivity index (χ0) is 19.9. The van der Waals surface area contributed by atoms with Crippen LogP contribution in [0, 0.1) is 0 Å². The number of fused-ring (bicyclic) bond motifs is 1. The van der Waals surface area contributed by atoms with Crippen LogP contribution < -0.4 is 15.4 Å². The Balaban J connectivity index is 1.54. The molecule has 0 aliphatic heterocycles. The van der Waals surface area contributed by atoms with E-state index in [0.717, 1.165) is 10.9 Å². The molecule has 2 aromatic carbocycles. The molecular weight excluding hydrogens is 356 g/mol. The van der Waals surface area contributed by atoms with Gasteiger partial charge in [0.15, 0.2) is 11.3 Å². The lowest BCUT2D eigenvalue weighted by Gasteiger charge is -2.12. The summed E-state index contributed by atoms with van der Waals surface area (Å²) in [6, 6.07) is 16.6. The molecule has 0 fully saturated rings. The average Bonchev–Trinajstić information content (AvgIpc) is 3.13. The van der Waals surface area contributed by atoms with Gasteiger partial charge in [-0.2, -0.15) is 0 Å². The molecule has 146 valence electrons. The summed E-state index contributed by atoms with van der Waals surface area (Å²) >= 11 is 0. The van der Waals surface area contributed by atoms with Crippen molar-refractivity contribution in [3.63, 3.8) is 0 Å². The Labute approximate surface area is 163 Å². The van der Waals surface area contributed by atoms with Crippen molar-refractivity contribution in [2.75, 3.05) is 13.2 Å². The van der Waals surface area contributed by atoms with Gasteiger partial charge < -0.3 is 19.8 Å². The molecule has 1 aromatic heterocycles. The van der Waals surface area contributed by atoms with E-state index in [1.807, 2.05) is 68.4 Å². The van der Waals surface area contributed by atoms with Gasteiger partial charge in [-0.05, 0) is 31.5 Å². The van der Waals surface area contributed by atoms with E-state index < -0.39 is 0 Å². The van der Waals surface area contributed by atoms with E-state index in [0.29, 0.717) is 23.7 Å². The highest BCUT2D eigenvalue weighted by Crippen LogP contribution is 2.31. The zero-order valence-corrected chi connectivity index (χ0v) is 16.0. The summed E-state index contributed by atoms with van der Waals surface area (Å²) in [5.41, 5.74) is 1.57. The minimum atomic E-state index is -0.333. The van der Waals surface area contributed by atoms with Gasteiger partial charge in [0.2, 0.25) is 11.8 Å². The Bertz CT molecular complexity index is 950. The quantitative estimate of drug-likeness (QED) is 0.628. The highest BCUT2D eigenvalue weighted by molar-refractivity contribution is 5.86. The fraction of sp³-hybridized carbons (Fsp3) is 0.273. The number of furan rings is 1. The number of hydrogen-bond acceptors (Lipinski definition) is 4. The van der Waals surface area contributed by atoms with E-state index in [4.69, 9.17) is 9.15 Å². The van der Waals surface area contributed by atoms with Gasteiger partial charge in [0.1, 0.15) is 5.76 Å². The first kappa shape index (κ1) is 19.5. The monoisotopic (exact) mass is 380 g/mol. The van der Waals surface area contributed by atoms with Gasteiger partial charge in [0.05, 0.1) is 25.6 Å². The van der Waals surface area contributed by atoms with Crippen molar-refractivity contribution < 1.29 is 18.7 Å². The molecule has 6 heteroatoms. The maximum absolute atomic E-state index is 12.2. The predicted octanol–water partition coefficient (Wildman–Crippen LogP) is 3.37. The highest BCUT2D eigenvalue weighted by atomic mass is 16.5. The number of para-hydroxylation sites is 1. The fourth-order valence-electron chi connectivity index (χ4n) is 2.93. The summed E-state index contributed by atoms with van der Waals surface area (Å²) in [5.74, 6) is 0.836. The summed E-state index contributed by atoms with van der Waals surface area (Å²) < 4.78 is 11.5. The molecule has 0 radical (unpaired) electrons. The van der Waals surface area contributed by atoms with Gasteiger partial charge >= 0.3 is 0 Å². The predicted molar refractivity (Wildman–Crippen MR) is 107 cm³/mol. The van der Waals surface area contributed by atoms with Crippen molar-refractivity contribution in [1.82, 2.24) is 10.6 Å². The number of carbonyl (C=O) groups excluding carboxylic acids is 2. The van der Waals surface area contributed by atoms with Crippen molar-refractivity contribution in [3.8, 4) is 5.75 Å². The third kappa shape index (κ3) is 4.91. The summed E-state index contributed by atoms with van der Waals surface area (Å²) in [5, 5.41) is 6.39. The molecule has 1 unspecified atom stereocenters. The first-order valence-electron chi connectivity index (χ1n) is 9.32. The molecule has 2 amide bonds. The number of ether oxygens (including phenoxy) is 1. The Hall–Kier alpha value is -3.28. The molecule has 0 aliphatic rings. The second-order valence-corrected chi connectivity index (χ2v) is 6.48. The number of carbonyl (C=O) groups is 2. The minimum absolute atomic E-state index is 0.0829. The number of hydrogen-bond donors (Lipinski definition) is 2. The first-order chi connectivity index (χ1) is 13.6. The summed E-state index contributed by atoms with van der Waals surface area (Å²) in [6.45, 7) is 4.21. The Kier molecular flexibility index (Phi) is 6.32. The SMILES string of the molecule is CCOc1cccc2cc(C(C)NC(=O)CNC(=O)Cc3ccccc3)oc12. The van der Waals surface area contributed by atoms with Gasteiger partial charge in [-0.15, -0.1) is 0 Å². The third-order valence-electron chi connectivity index (χ3n) is 4.28. The van der Waals surface area contributed by atoms with Crippen molar-refractivity contribution >= 4 is 22.8 Å². The fourth-order valence-corrected chi connectivity index (χ4v) is 2.93. The van der Waals surface area contributed by atoms with Crippen LogP contribution in [-0.4, -0.2) is 25.0 Å². The van der Waals surface area contributed by atoms with Crippen molar-refractivity contribution in [2.45, 2.75) is 26.3 Å². The number of nitrogens with one attached hydrogen (secondary N) is 2. The van der Waals surface area contributed by atoms with E-state index in [1.165, 1.54) is 0 Å². The second-order valence-electron chi connectivity index (χ2n) is 6.48. The lowest BCUT2D eigenvalue weighted by atomic mass is 10.1. The maximum atomic E-state index is 12.2. The smallest absolute Gasteiger partial charge is 0.239 e. The van der Waals surface area contributed by atoms with Crippen LogP contribution in [0.4, 0.5) is 0 Å². The van der Waals surface area contributed by atoms with Crippen LogP contribution in [0.15, 0.2) is 59.0 Å². The van der Waals surface area contributed by atoms with Crippen molar-refractivity contribution in [3.05, 3.63) is 65.9 Å². The van der Waals surface area contributed by atoms with Crippen LogP contribution in [0.25, 0.3) is 11.0 Å². The van der Waals surface area contributed by atoms with E-state index in [1.54, 1.807) is 0 Å². The van der Waals surface area contributed by atoms with Crippen LogP contribution in [0.2, 0.25) is 0 Å². The molecule has 0 saturated heterocycles. The van der Waals surface area contributed by atoms with Gasteiger partial charge in [0.25, 0.3) is 0 Å². The topological polar surface area (TPSA) is 80.6 Å². The standard InChI is InChI=1S/C22H24N2O4/c1-3-27-18-11-7-10-17-13-19(28-22(17)18)15(2)24-21(26)14-23-20(25)12-16-8-5-4-6-9-16/h4-11,13,15H,3,12,14H2,1-2H3,(H,23,25)(H,24,26). The average molecular weight is 380 g/mol. The van der Waals surface area contributed by atoms with E-state index in [-0.39, 0.29) is 30.8 Å². The molecular formula is C22H24N2O4. The van der Waals surface area contributed by atoms with E-state index in [9.17, 15) is 9.59 Å². The number of rotatable bonds is 8. The maximum Gasteiger partial charge on any atom is 0.239 e. The first-order valence-corrected chi connectivity index (χ1v) is 9.32. The van der Waals surface area contributed by atoms with E-state index >= 15 is 0 Å². The largest absolute Gasteiger partial charge is 0.490 e. The molecule has 0 saturated carbocycles. The Morgan fingerprint density at radius 2 is 1.86 bits per heavy atom. The molecule has 28 heavy (non-hydrogen) atoms. The van der Waals surface area contributed by atoms with Gasteiger partial charge in [-0.25, -0.2) is 0 Å². The zero-order valence-electron chi connectivity index (χ0n) is 16.0.